The summed E-state index contributed by atoms with van der Waals surface area (Å²) in [6, 6.07) is 10.9. The lowest BCUT2D eigenvalue weighted by molar-refractivity contribution is -0.133. The summed E-state index contributed by atoms with van der Waals surface area (Å²) < 4.78 is 0. The molecule has 1 saturated heterocycles. The molecule has 2 atom stereocenters. The maximum atomic E-state index is 12.2. The summed E-state index contributed by atoms with van der Waals surface area (Å²) in [6.45, 7) is 8.91. The van der Waals surface area contributed by atoms with E-state index in [2.05, 4.69) is 43.0 Å². The largest absolute Gasteiger partial charge is 0.337 e. The molecule has 1 aromatic carbocycles. The monoisotopic (exact) mass is 303 g/mol. The second-order valence-electron chi connectivity index (χ2n) is 6.63. The molecule has 0 unspecified atom stereocenters. The molecular formula is C18H29N3O. The zero-order chi connectivity index (χ0) is 16.1. The Labute approximate surface area is 134 Å². The molecule has 1 fully saturated rings. The van der Waals surface area contributed by atoms with Crippen LogP contribution in [0, 0.1) is 0 Å². The molecule has 0 bridgehead atoms. The quantitative estimate of drug-likeness (QED) is 0.877. The summed E-state index contributed by atoms with van der Waals surface area (Å²) >= 11 is 0. The molecule has 2 N–H and O–H groups in total. The number of carbonyl (C=O) groups is 1. The molecule has 2 rings (SSSR count). The Hall–Kier alpha value is -1.39. The fraction of sp³-hybridized carbons (Fsp3) is 0.611. The lowest BCUT2D eigenvalue weighted by atomic mass is 10.1. The predicted molar refractivity (Wildman–Crippen MR) is 90.4 cm³/mol. The summed E-state index contributed by atoms with van der Waals surface area (Å²) in [5.41, 5.74) is 7.11. The zero-order valence-electron chi connectivity index (χ0n) is 14.0. The lowest BCUT2D eigenvalue weighted by Gasteiger charge is -2.34. The van der Waals surface area contributed by atoms with Crippen molar-refractivity contribution in [3.8, 4) is 0 Å². The summed E-state index contributed by atoms with van der Waals surface area (Å²) in [4.78, 5) is 16.7. The van der Waals surface area contributed by atoms with Crippen molar-refractivity contribution in [2.45, 2.75) is 58.3 Å². The van der Waals surface area contributed by atoms with E-state index in [1.807, 2.05) is 11.0 Å². The van der Waals surface area contributed by atoms with E-state index in [0.29, 0.717) is 12.1 Å². The number of nitrogens with two attached hydrogens (primary N) is 1. The SMILES string of the molecule is CC(C)N(Cc1ccccc1)C[C@H]1CCCN1C(=O)[C@H](C)N. The Balaban J connectivity index is 2.02. The van der Waals surface area contributed by atoms with Gasteiger partial charge in [-0.05, 0) is 39.2 Å². The predicted octanol–water partition coefficient (Wildman–Crippen LogP) is 2.24. The van der Waals surface area contributed by atoms with Gasteiger partial charge >= 0.3 is 0 Å². The fourth-order valence-electron chi connectivity index (χ4n) is 3.12. The molecule has 1 amide bonds. The van der Waals surface area contributed by atoms with Gasteiger partial charge in [0.15, 0.2) is 0 Å². The molecule has 0 radical (unpaired) electrons. The van der Waals surface area contributed by atoms with Crippen molar-refractivity contribution in [3.63, 3.8) is 0 Å². The van der Waals surface area contributed by atoms with E-state index in [1.54, 1.807) is 6.92 Å². The van der Waals surface area contributed by atoms with Crippen LogP contribution in [0.25, 0.3) is 0 Å². The van der Waals surface area contributed by atoms with Crippen molar-refractivity contribution in [1.29, 1.82) is 0 Å². The van der Waals surface area contributed by atoms with Crippen LogP contribution in [-0.2, 0) is 11.3 Å². The summed E-state index contributed by atoms with van der Waals surface area (Å²) in [5, 5.41) is 0. The van der Waals surface area contributed by atoms with E-state index in [-0.39, 0.29) is 5.91 Å². The molecule has 4 nitrogen and oxygen atoms in total. The van der Waals surface area contributed by atoms with E-state index < -0.39 is 6.04 Å². The van der Waals surface area contributed by atoms with Crippen molar-refractivity contribution < 1.29 is 4.79 Å². The number of benzene rings is 1. The topological polar surface area (TPSA) is 49.6 Å². The molecule has 22 heavy (non-hydrogen) atoms. The molecule has 122 valence electrons. The number of rotatable bonds is 6. The van der Waals surface area contributed by atoms with Crippen LogP contribution in [0.5, 0.6) is 0 Å². The van der Waals surface area contributed by atoms with E-state index in [1.165, 1.54) is 5.56 Å². The normalized spacial score (nSPS) is 19.9. The maximum absolute atomic E-state index is 12.2. The van der Waals surface area contributed by atoms with Gasteiger partial charge in [0, 0.05) is 31.7 Å². The van der Waals surface area contributed by atoms with Gasteiger partial charge in [0.2, 0.25) is 5.91 Å². The van der Waals surface area contributed by atoms with Crippen molar-refractivity contribution in [2.75, 3.05) is 13.1 Å². The lowest BCUT2D eigenvalue weighted by Crippen LogP contribution is -2.49. The highest BCUT2D eigenvalue weighted by Crippen LogP contribution is 2.21. The third-order valence-corrected chi connectivity index (χ3v) is 4.45. The molecule has 4 heteroatoms. The molecule has 1 aliphatic heterocycles. The van der Waals surface area contributed by atoms with Gasteiger partial charge in [-0.25, -0.2) is 0 Å². The van der Waals surface area contributed by atoms with Crippen LogP contribution in [-0.4, -0.2) is 46.9 Å². The summed E-state index contributed by atoms with van der Waals surface area (Å²) in [7, 11) is 0. The van der Waals surface area contributed by atoms with Crippen LogP contribution in [0.2, 0.25) is 0 Å². The Kier molecular flexibility index (Phi) is 5.98. The highest BCUT2D eigenvalue weighted by atomic mass is 16.2. The molecule has 0 aliphatic carbocycles. The number of amides is 1. The summed E-state index contributed by atoms with van der Waals surface area (Å²) in [6.07, 6.45) is 2.16. The minimum atomic E-state index is -0.401. The number of hydrogen-bond acceptors (Lipinski definition) is 3. The summed E-state index contributed by atoms with van der Waals surface area (Å²) in [5.74, 6) is 0.0888. The third-order valence-electron chi connectivity index (χ3n) is 4.45. The van der Waals surface area contributed by atoms with E-state index >= 15 is 0 Å². The van der Waals surface area contributed by atoms with E-state index in [4.69, 9.17) is 5.73 Å². The molecule has 1 heterocycles. The maximum Gasteiger partial charge on any atom is 0.239 e. The molecule has 0 saturated carbocycles. The molecular weight excluding hydrogens is 274 g/mol. The Morgan fingerprint density at radius 2 is 2.00 bits per heavy atom. The van der Waals surface area contributed by atoms with Crippen molar-refractivity contribution in [3.05, 3.63) is 35.9 Å². The first kappa shape index (κ1) is 17.0. The fourth-order valence-corrected chi connectivity index (χ4v) is 3.12. The minimum absolute atomic E-state index is 0.0888. The Bertz CT molecular complexity index is 472. The first-order chi connectivity index (χ1) is 10.5. The Morgan fingerprint density at radius 1 is 1.32 bits per heavy atom. The van der Waals surface area contributed by atoms with E-state index in [0.717, 1.165) is 32.5 Å². The van der Waals surface area contributed by atoms with Gasteiger partial charge in [-0.15, -0.1) is 0 Å². The van der Waals surface area contributed by atoms with Crippen LogP contribution >= 0.6 is 0 Å². The Morgan fingerprint density at radius 3 is 2.59 bits per heavy atom. The minimum Gasteiger partial charge on any atom is -0.337 e. The first-order valence-corrected chi connectivity index (χ1v) is 8.33. The van der Waals surface area contributed by atoms with Gasteiger partial charge in [0.1, 0.15) is 0 Å². The van der Waals surface area contributed by atoms with Crippen LogP contribution in [0.3, 0.4) is 0 Å². The zero-order valence-corrected chi connectivity index (χ0v) is 14.0. The van der Waals surface area contributed by atoms with Gasteiger partial charge in [0.05, 0.1) is 6.04 Å². The van der Waals surface area contributed by atoms with Crippen LogP contribution in [0.4, 0.5) is 0 Å². The molecule has 1 aromatic rings. The molecule has 1 aliphatic rings. The number of carbonyl (C=O) groups excluding carboxylic acids is 1. The second-order valence-corrected chi connectivity index (χ2v) is 6.63. The van der Waals surface area contributed by atoms with Crippen LogP contribution in [0.15, 0.2) is 30.3 Å². The van der Waals surface area contributed by atoms with Gasteiger partial charge in [-0.1, -0.05) is 30.3 Å². The second kappa shape index (κ2) is 7.75. The smallest absolute Gasteiger partial charge is 0.239 e. The average Bonchev–Trinajstić information content (AvgIpc) is 2.94. The first-order valence-electron chi connectivity index (χ1n) is 8.33. The van der Waals surface area contributed by atoms with Crippen molar-refractivity contribution >= 4 is 5.91 Å². The van der Waals surface area contributed by atoms with Gasteiger partial charge < -0.3 is 10.6 Å². The molecule has 0 spiro atoms. The number of hydrogen-bond donors (Lipinski definition) is 1. The van der Waals surface area contributed by atoms with Crippen molar-refractivity contribution in [1.82, 2.24) is 9.80 Å². The van der Waals surface area contributed by atoms with Crippen LogP contribution in [0.1, 0.15) is 39.2 Å². The third kappa shape index (κ3) is 4.31. The van der Waals surface area contributed by atoms with Gasteiger partial charge in [0.25, 0.3) is 0 Å². The number of nitrogens with zero attached hydrogens (tertiary/aromatic N) is 2. The highest BCUT2D eigenvalue weighted by Gasteiger charge is 2.31. The average molecular weight is 303 g/mol. The van der Waals surface area contributed by atoms with Crippen LogP contribution < -0.4 is 5.73 Å². The van der Waals surface area contributed by atoms with Crippen molar-refractivity contribution in [2.24, 2.45) is 5.73 Å². The van der Waals surface area contributed by atoms with Gasteiger partial charge in [-0.3, -0.25) is 9.69 Å². The highest BCUT2D eigenvalue weighted by molar-refractivity contribution is 5.81. The van der Waals surface area contributed by atoms with E-state index in [9.17, 15) is 4.79 Å². The van der Waals surface area contributed by atoms with Gasteiger partial charge in [-0.2, -0.15) is 0 Å². The number of likely N-dealkylation sites (tertiary alicyclic amines) is 1. The molecule has 0 aromatic heterocycles. The standard InChI is InChI=1S/C18H29N3O/c1-14(2)20(12-16-8-5-4-6-9-16)13-17-10-7-11-21(17)18(22)15(3)19/h4-6,8-9,14-15,17H,7,10-13,19H2,1-3H3/t15-,17+/m0/s1.